The van der Waals surface area contributed by atoms with Gasteiger partial charge in [-0.05, 0) is 69.1 Å². The smallest absolute Gasteiger partial charge is 0.00989 e. The van der Waals surface area contributed by atoms with Crippen molar-refractivity contribution in [2.45, 2.75) is 168 Å². The highest BCUT2D eigenvalue weighted by atomic mass is 14.1. The maximum atomic E-state index is 2.49. The molecule has 0 heterocycles. The van der Waals surface area contributed by atoms with Crippen molar-refractivity contribution >= 4 is 32.3 Å². The van der Waals surface area contributed by atoms with Gasteiger partial charge in [0.1, 0.15) is 0 Å². The number of unbranched alkanes of at least 4 members (excludes halogenated alkanes) is 20. The summed E-state index contributed by atoms with van der Waals surface area (Å²) in [7, 11) is 0. The first-order valence-corrected chi connectivity index (χ1v) is 19.2. The predicted molar refractivity (Wildman–Crippen MR) is 199 cm³/mol. The first kappa shape index (κ1) is 34.5. The third-order valence-electron chi connectivity index (χ3n) is 10.1. The summed E-state index contributed by atoms with van der Waals surface area (Å²) in [6.45, 7) is 4.61. The Morgan fingerprint density at radius 3 is 0.932 bits per heavy atom. The van der Waals surface area contributed by atoms with Crippen molar-refractivity contribution in [3.05, 3.63) is 71.8 Å². The summed E-state index contributed by atoms with van der Waals surface area (Å²) in [6.07, 6.45) is 33.4. The molecule has 0 bridgehead atoms. The summed E-state index contributed by atoms with van der Waals surface area (Å²) in [6, 6.07) is 23.9. The molecule has 0 heteroatoms. The average molecular weight is 593 g/mol. The molecular weight excluding hydrogens is 528 g/mol. The Labute approximate surface area is 271 Å². The van der Waals surface area contributed by atoms with Crippen molar-refractivity contribution in [3.63, 3.8) is 0 Å². The van der Waals surface area contributed by atoms with Gasteiger partial charge >= 0.3 is 0 Å². The maximum absolute atomic E-state index is 2.49. The molecule has 0 saturated carbocycles. The average Bonchev–Trinajstić information content (AvgIpc) is 3.05. The second kappa shape index (κ2) is 20.6. The number of hydrogen-bond acceptors (Lipinski definition) is 0. The molecule has 0 unspecified atom stereocenters. The molecule has 0 spiro atoms. The summed E-state index contributed by atoms with van der Waals surface area (Å²) in [4.78, 5) is 0. The van der Waals surface area contributed by atoms with E-state index < -0.39 is 0 Å². The highest BCUT2D eigenvalue weighted by Crippen LogP contribution is 2.33. The van der Waals surface area contributed by atoms with Gasteiger partial charge in [-0.3, -0.25) is 0 Å². The Kier molecular flexibility index (Phi) is 16.2. The Morgan fingerprint density at radius 2 is 0.591 bits per heavy atom. The number of aryl methyl sites for hydroxylation is 2. The molecule has 0 radical (unpaired) electrons. The van der Waals surface area contributed by atoms with Crippen LogP contribution in [0.1, 0.15) is 166 Å². The largest absolute Gasteiger partial charge is 0.0654 e. The van der Waals surface area contributed by atoms with E-state index in [1.54, 1.807) is 0 Å². The fourth-order valence-corrected chi connectivity index (χ4v) is 7.26. The molecule has 0 atom stereocenters. The van der Waals surface area contributed by atoms with Crippen molar-refractivity contribution < 1.29 is 0 Å². The number of rotatable bonds is 24. The van der Waals surface area contributed by atoms with Gasteiger partial charge in [0.2, 0.25) is 0 Å². The van der Waals surface area contributed by atoms with Gasteiger partial charge in [-0.1, -0.05) is 203 Å². The van der Waals surface area contributed by atoms with Crippen molar-refractivity contribution in [2.24, 2.45) is 0 Å². The van der Waals surface area contributed by atoms with E-state index in [2.05, 4.69) is 74.5 Å². The van der Waals surface area contributed by atoms with E-state index in [1.165, 1.54) is 198 Å². The lowest BCUT2D eigenvalue weighted by Crippen LogP contribution is -1.89. The Hall–Kier alpha value is -2.34. The van der Waals surface area contributed by atoms with E-state index in [-0.39, 0.29) is 0 Å². The molecule has 0 aromatic heterocycles. The standard InChI is InChI=1S/C44H64/c1-3-5-7-9-11-13-15-17-19-21-23-25-37-27-29-39-31-34-42-41(43(39)35-37)33-32-40-30-28-38(36-44(40)42)26-24-22-20-18-16-14-12-10-8-6-4-2/h27-36H,3-26H2,1-2H3. The molecule has 0 aliphatic heterocycles. The second-order valence-electron chi connectivity index (χ2n) is 13.9. The van der Waals surface area contributed by atoms with E-state index in [4.69, 9.17) is 0 Å². The topological polar surface area (TPSA) is 0 Å². The summed E-state index contributed by atoms with van der Waals surface area (Å²) in [5.41, 5.74) is 3.01. The molecule has 0 N–H and O–H groups in total. The van der Waals surface area contributed by atoms with E-state index in [0.717, 1.165) is 0 Å². The van der Waals surface area contributed by atoms with Crippen LogP contribution < -0.4 is 0 Å². The van der Waals surface area contributed by atoms with E-state index in [0.29, 0.717) is 0 Å². The third-order valence-corrected chi connectivity index (χ3v) is 10.1. The van der Waals surface area contributed by atoms with E-state index >= 15 is 0 Å². The molecule has 0 amide bonds. The molecule has 0 aliphatic rings. The zero-order valence-electron chi connectivity index (χ0n) is 28.7. The maximum Gasteiger partial charge on any atom is -0.00989 e. The summed E-state index contributed by atoms with van der Waals surface area (Å²) >= 11 is 0. The van der Waals surface area contributed by atoms with Gasteiger partial charge < -0.3 is 0 Å². The zero-order valence-corrected chi connectivity index (χ0v) is 28.7. The van der Waals surface area contributed by atoms with E-state index in [9.17, 15) is 0 Å². The highest BCUT2D eigenvalue weighted by Gasteiger charge is 2.07. The monoisotopic (exact) mass is 593 g/mol. The minimum Gasteiger partial charge on any atom is -0.0654 e. The zero-order chi connectivity index (χ0) is 30.7. The van der Waals surface area contributed by atoms with Crippen LogP contribution in [0.3, 0.4) is 0 Å². The SMILES string of the molecule is CCCCCCCCCCCCCc1ccc2ccc3c4cc(CCCCCCCCCCCCC)ccc4ccc3c2c1. The van der Waals surface area contributed by atoms with Crippen LogP contribution in [0.5, 0.6) is 0 Å². The first-order chi connectivity index (χ1) is 21.8. The molecule has 4 aromatic rings. The van der Waals surface area contributed by atoms with Crippen LogP contribution in [0.4, 0.5) is 0 Å². The van der Waals surface area contributed by atoms with Gasteiger partial charge in [0.25, 0.3) is 0 Å². The minimum absolute atomic E-state index is 1.21. The van der Waals surface area contributed by atoms with Crippen LogP contribution >= 0.6 is 0 Å². The molecule has 240 valence electrons. The van der Waals surface area contributed by atoms with Gasteiger partial charge in [0.05, 0.1) is 0 Å². The van der Waals surface area contributed by atoms with E-state index in [1.807, 2.05) is 0 Å². The highest BCUT2D eigenvalue weighted by molar-refractivity contribution is 6.17. The van der Waals surface area contributed by atoms with Crippen LogP contribution in [0.2, 0.25) is 0 Å². The molecule has 0 saturated heterocycles. The van der Waals surface area contributed by atoms with Crippen molar-refractivity contribution in [2.75, 3.05) is 0 Å². The van der Waals surface area contributed by atoms with Crippen LogP contribution in [0, 0.1) is 0 Å². The van der Waals surface area contributed by atoms with Crippen molar-refractivity contribution in [1.82, 2.24) is 0 Å². The predicted octanol–water partition coefficient (Wildman–Crippen LogP) is 14.9. The molecule has 4 aromatic carbocycles. The van der Waals surface area contributed by atoms with Crippen LogP contribution in [0.15, 0.2) is 60.7 Å². The normalized spacial score (nSPS) is 11.8. The van der Waals surface area contributed by atoms with Crippen LogP contribution in [0.25, 0.3) is 32.3 Å². The lowest BCUT2D eigenvalue weighted by atomic mass is 9.93. The van der Waals surface area contributed by atoms with Crippen LogP contribution in [-0.2, 0) is 12.8 Å². The van der Waals surface area contributed by atoms with Crippen LogP contribution in [-0.4, -0.2) is 0 Å². The Morgan fingerprint density at radius 1 is 0.295 bits per heavy atom. The molecule has 44 heavy (non-hydrogen) atoms. The Balaban J connectivity index is 1.25. The quantitative estimate of drug-likeness (QED) is 0.0561. The van der Waals surface area contributed by atoms with Gasteiger partial charge in [-0.15, -0.1) is 0 Å². The number of benzene rings is 4. The van der Waals surface area contributed by atoms with Gasteiger partial charge in [-0.25, -0.2) is 0 Å². The fraction of sp³-hybridized carbons (Fsp3) is 0.591. The molecule has 0 aliphatic carbocycles. The first-order valence-electron chi connectivity index (χ1n) is 19.2. The van der Waals surface area contributed by atoms with Gasteiger partial charge in [0.15, 0.2) is 0 Å². The van der Waals surface area contributed by atoms with Gasteiger partial charge in [-0.2, -0.15) is 0 Å². The van der Waals surface area contributed by atoms with Gasteiger partial charge in [0, 0.05) is 0 Å². The number of hydrogen-bond donors (Lipinski definition) is 0. The Bertz CT molecular complexity index is 1240. The van der Waals surface area contributed by atoms with Crippen molar-refractivity contribution in [3.8, 4) is 0 Å². The summed E-state index contributed by atoms with van der Waals surface area (Å²) in [5.74, 6) is 0. The lowest BCUT2D eigenvalue weighted by molar-refractivity contribution is 0.549. The third kappa shape index (κ3) is 11.5. The molecule has 0 nitrogen and oxygen atoms in total. The number of fused-ring (bicyclic) bond motifs is 5. The van der Waals surface area contributed by atoms with Crippen molar-refractivity contribution in [1.29, 1.82) is 0 Å². The molecule has 4 rings (SSSR count). The second-order valence-corrected chi connectivity index (χ2v) is 13.9. The molecule has 0 fully saturated rings. The minimum atomic E-state index is 1.21. The fourth-order valence-electron chi connectivity index (χ4n) is 7.26. The summed E-state index contributed by atoms with van der Waals surface area (Å²) in [5, 5.41) is 8.44. The molecular formula is C44H64. The lowest BCUT2D eigenvalue weighted by Gasteiger charge is -2.11. The summed E-state index contributed by atoms with van der Waals surface area (Å²) < 4.78 is 0.